The number of carbonyl (C=O) groups excluding carboxylic acids is 2. The van der Waals surface area contributed by atoms with Crippen molar-refractivity contribution in [2.45, 2.75) is 32.1 Å². The number of hydrogen-bond acceptors (Lipinski definition) is 5. The van der Waals surface area contributed by atoms with Crippen LogP contribution in [0.15, 0.2) is 12.7 Å². The summed E-state index contributed by atoms with van der Waals surface area (Å²) >= 11 is 0. The van der Waals surface area contributed by atoms with Crippen molar-refractivity contribution in [3.05, 3.63) is 12.7 Å². The van der Waals surface area contributed by atoms with Crippen molar-refractivity contribution in [1.82, 2.24) is 0 Å². The van der Waals surface area contributed by atoms with Crippen molar-refractivity contribution < 1.29 is 23.6 Å². The standard InChI is InChI=1S/C12H17O5P/c1-2-11(13)16-8-5-3-4-6-9-17-12(14)7-10-18-15/h2H,1,3-9H2. The third kappa shape index (κ3) is 11.2. The van der Waals surface area contributed by atoms with Crippen molar-refractivity contribution in [3.63, 3.8) is 0 Å². The first-order valence-electron chi connectivity index (χ1n) is 5.70. The number of esters is 2. The molecule has 0 atom stereocenters. The molecule has 18 heavy (non-hydrogen) atoms. The molecule has 5 nitrogen and oxygen atoms in total. The maximum absolute atomic E-state index is 11.0. The Morgan fingerprint density at radius 3 is 2.28 bits per heavy atom. The SMILES string of the molecule is C=CC(=O)OCCCCCCOC(=O)CC#P=O. The molecule has 6 heteroatoms. The van der Waals surface area contributed by atoms with Gasteiger partial charge in [-0.3, -0.25) is 0 Å². The van der Waals surface area contributed by atoms with Gasteiger partial charge in [0, 0.05) is 6.08 Å². The van der Waals surface area contributed by atoms with E-state index < -0.39 is 11.9 Å². The van der Waals surface area contributed by atoms with E-state index in [1.165, 1.54) is 0 Å². The van der Waals surface area contributed by atoms with E-state index >= 15 is 0 Å². The van der Waals surface area contributed by atoms with Crippen LogP contribution in [0.5, 0.6) is 0 Å². The first kappa shape index (κ1) is 16.7. The maximum atomic E-state index is 11.0. The van der Waals surface area contributed by atoms with Gasteiger partial charge in [0.2, 0.25) is 0 Å². The van der Waals surface area contributed by atoms with Gasteiger partial charge >= 0.3 is 89.6 Å². The fourth-order valence-corrected chi connectivity index (χ4v) is 1.32. The molecular formula is C12H17O5P. The van der Waals surface area contributed by atoms with Crippen LogP contribution >= 0.6 is 7.92 Å². The molecule has 0 amide bonds. The van der Waals surface area contributed by atoms with Crippen LogP contribution in [-0.4, -0.2) is 25.2 Å². The molecule has 100 valence electrons. The van der Waals surface area contributed by atoms with Gasteiger partial charge in [0.05, 0.1) is 0 Å². The Hall–Kier alpha value is -1.31. The fraction of sp³-hybridized carbons (Fsp3) is 0.583. The molecule has 0 spiro atoms. The first-order chi connectivity index (χ1) is 8.70. The van der Waals surface area contributed by atoms with Crippen LogP contribution < -0.4 is 0 Å². The molecule has 0 saturated carbocycles. The second-order valence-corrected chi connectivity index (χ2v) is 3.93. The van der Waals surface area contributed by atoms with Gasteiger partial charge in [-0.2, -0.15) is 0 Å². The van der Waals surface area contributed by atoms with Gasteiger partial charge in [0.1, 0.15) is 0 Å². The second kappa shape index (κ2) is 12.2. The van der Waals surface area contributed by atoms with E-state index in [1.807, 2.05) is 0 Å². The summed E-state index contributed by atoms with van der Waals surface area (Å²) < 4.78 is 19.7. The van der Waals surface area contributed by atoms with E-state index in [1.54, 1.807) is 0 Å². The van der Waals surface area contributed by atoms with Crippen molar-refractivity contribution >= 4 is 19.9 Å². The summed E-state index contributed by atoms with van der Waals surface area (Å²) in [7, 11) is -0.279. The van der Waals surface area contributed by atoms with Crippen molar-refractivity contribution in [1.29, 1.82) is 0 Å². The van der Waals surface area contributed by atoms with Crippen LogP contribution in [-0.2, 0) is 23.6 Å². The molecule has 0 bridgehead atoms. The van der Waals surface area contributed by atoms with Gasteiger partial charge in [-0.15, -0.1) is 0 Å². The van der Waals surface area contributed by atoms with Gasteiger partial charge in [0.15, 0.2) is 0 Å². The van der Waals surface area contributed by atoms with Crippen LogP contribution in [0.2, 0.25) is 0 Å². The molecule has 0 fully saturated rings. The molecule has 0 saturated heterocycles. The minimum atomic E-state index is -0.418. The number of rotatable bonds is 9. The molecule has 0 aliphatic heterocycles. The van der Waals surface area contributed by atoms with E-state index in [4.69, 9.17) is 9.47 Å². The Morgan fingerprint density at radius 1 is 1.11 bits per heavy atom. The van der Waals surface area contributed by atoms with Gasteiger partial charge in [-0.25, -0.2) is 4.79 Å². The van der Waals surface area contributed by atoms with Gasteiger partial charge in [-0.1, -0.05) is 6.58 Å². The van der Waals surface area contributed by atoms with Gasteiger partial charge in [-0.05, 0) is 0 Å². The van der Waals surface area contributed by atoms with Crippen LogP contribution in [0.1, 0.15) is 32.1 Å². The van der Waals surface area contributed by atoms with Crippen LogP contribution in [0.25, 0.3) is 0 Å². The number of unbranched alkanes of at least 4 members (excludes halogenated alkanes) is 3. The molecule has 0 rings (SSSR count). The minimum absolute atomic E-state index is 0.0530. The van der Waals surface area contributed by atoms with Gasteiger partial charge in [0.25, 0.3) is 0 Å². The number of carbonyl (C=O) groups is 2. The zero-order valence-corrected chi connectivity index (χ0v) is 11.1. The fourth-order valence-electron chi connectivity index (χ4n) is 1.12. The predicted octanol–water partition coefficient (Wildman–Crippen LogP) is 2.46. The van der Waals surface area contributed by atoms with Crippen LogP contribution in [0, 0.1) is 5.63 Å². The quantitative estimate of drug-likeness (QED) is 0.279. The van der Waals surface area contributed by atoms with E-state index in [0.29, 0.717) is 13.2 Å². The van der Waals surface area contributed by atoms with Crippen LogP contribution in [0.3, 0.4) is 0 Å². The normalized spacial score (nSPS) is 9.11. The van der Waals surface area contributed by atoms with Gasteiger partial charge < -0.3 is 0 Å². The summed E-state index contributed by atoms with van der Waals surface area (Å²) in [5.74, 6) is -0.827. The first-order valence-corrected chi connectivity index (χ1v) is 6.52. The van der Waals surface area contributed by atoms with E-state index in [9.17, 15) is 14.2 Å². The molecular weight excluding hydrogens is 255 g/mol. The van der Waals surface area contributed by atoms with Crippen molar-refractivity contribution in [3.8, 4) is 5.63 Å². The summed E-state index contributed by atoms with van der Waals surface area (Å²) in [6.07, 6.45) is 4.42. The third-order valence-corrected chi connectivity index (χ3v) is 2.29. The zero-order valence-electron chi connectivity index (χ0n) is 10.2. The zero-order chi connectivity index (χ0) is 13.6. The molecule has 0 heterocycles. The molecule has 0 aliphatic carbocycles. The molecule has 0 radical (unpaired) electrons. The summed E-state index contributed by atoms with van der Waals surface area (Å²) in [6.45, 7) is 4.03. The summed E-state index contributed by atoms with van der Waals surface area (Å²) in [5, 5.41) is 0. The number of hydrogen-bond donors (Lipinski definition) is 0. The second-order valence-electron chi connectivity index (χ2n) is 3.43. The monoisotopic (exact) mass is 272 g/mol. The number of ether oxygens (including phenoxy) is 2. The Morgan fingerprint density at radius 2 is 1.72 bits per heavy atom. The van der Waals surface area contributed by atoms with Crippen LogP contribution in [0.4, 0.5) is 0 Å². The van der Waals surface area contributed by atoms with Crippen molar-refractivity contribution in [2.24, 2.45) is 0 Å². The Labute approximate surface area is 108 Å². The third-order valence-electron chi connectivity index (χ3n) is 2.00. The van der Waals surface area contributed by atoms with E-state index in [2.05, 4.69) is 12.2 Å². The van der Waals surface area contributed by atoms with Crippen molar-refractivity contribution in [2.75, 3.05) is 13.2 Å². The molecule has 0 aromatic heterocycles. The topological polar surface area (TPSA) is 69.7 Å². The average Bonchev–Trinajstić information content (AvgIpc) is 2.38. The summed E-state index contributed by atoms with van der Waals surface area (Å²) in [5.41, 5.74) is 2.32. The Bertz CT molecular complexity index is 371. The molecule has 0 aromatic rings. The summed E-state index contributed by atoms with van der Waals surface area (Å²) in [6, 6.07) is 0. The molecule has 0 aliphatic rings. The summed E-state index contributed by atoms with van der Waals surface area (Å²) in [4.78, 5) is 21.6. The van der Waals surface area contributed by atoms with E-state index in [-0.39, 0.29) is 14.3 Å². The Balaban J connectivity index is 3.27. The average molecular weight is 272 g/mol. The Kier molecular flexibility index (Phi) is 11.3. The molecule has 0 N–H and O–H groups in total. The molecule has 0 aromatic carbocycles. The molecule has 0 unspecified atom stereocenters. The van der Waals surface area contributed by atoms with E-state index in [0.717, 1.165) is 31.8 Å². The predicted molar refractivity (Wildman–Crippen MR) is 66.7 cm³/mol.